The fourth-order valence-electron chi connectivity index (χ4n) is 2.76. The van der Waals surface area contributed by atoms with Crippen LogP contribution in [-0.2, 0) is 5.41 Å². The Bertz CT molecular complexity index is 411. The highest BCUT2D eigenvalue weighted by Gasteiger charge is 2.35. The number of hydrogen-bond acceptors (Lipinski definition) is 0. The van der Waals surface area contributed by atoms with E-state index in [1.54, 1.807) is 0 Å². The molecule has 0 aromatic heterocycles. The van der Waals surface area contributed by atoms with Crippen LogP contribution in [0.1, 0.15) is 32.8 Å². The lowest BCUT2D eigenvalue weighted by atomic mass is 9.64. The van der Waals surface area contributed by atoms with E-state index < -0.39 is 0 Å². The van der Waals surface area contributed by atoms with E-state index in [-0.39, 0.29) is 5.41 Å². The molecule has 0 amide bonds. The summed E-state index contributed by atoms with van der Waals surface area (Å²) < 4.78 is 0. The normalized spacial score (nSPS) is 28.9. The molecule has 1 aromatic carbocycles. The molecule has 2 rings (SSSR count). The van der Waals surface area contributed by atoms with E-state index in [0.717, 1.165) is 0 Å². The summed E-state index contributed by atoms with van der Waals surface area (Å²) in [6, 6.07) is 10.9. The standard InChI is InChI=1S/C16H20/c1-4-14-12-8-9-13(2)16(14,3)15-10-6-5-7-11-15/h5-12,14H,4H2,1-3H3. The van der Waals surface area contributed by atoms with E-state index in [2.05, 4.69) is 69.3 Å². The van der Waals surface area contributed by atoms with Gasteiger partial charge in [-0.25, -0.2) is 0 Å². The number of allylic oxidation sites excluding steroid dienone is 4. The van der Waals surface area contributed by atoms with Crippen LogP contribution in [0.4, 0.5) is 0 Å². The van der Waals surface area contributed by atoms with Crippen molar-refractivity contribution < 1.29 is 0 Å². The SMILES string of the molecule is CCC1C=CC=C(C)C1(C)c1ccccc1. The van der Waals surface area contributed by atoms with E-state index in [0.29, 0.717) is 5.92 Å². The van der Waals surface area contributed by atoms with Gasteiger partial charge in [-0.1, -0.05) is 68.0 Å². The fraction of sp³-hybridized carbons (Fsp3) is 0.375. The second-order valence-corrected chi connectivity index (χ2v) is 4.82. The molecule has 0 saturated heterocycles. The van der Waals surface area contributed by atoms with Crippen LogP contribution in [0.15, 0.2) is 54.1 Å². The van der Waals surface area contributed by atoms with Crippen LogP contribution >= 0.6 is 0 Å². The minimum atomic E-state index is 0.171. The van der Waals surface area contributed by atoms with Crippen LogP contribution in [-0.4, -0.2) is 0 Å². The molecule has 2 unspecified atom stereocenters. The molecule has 1 aliphatic rings. The maximum Gasteiger partial charge on any atom is 0.0196 e. The quantitative estimate of drug-likeness (QED) is 0.677. The van der Waals surface area contributed by atoms with Crippen molar-refractivity contribution in [3.05, 3.63) is 59.7 Å². The Morgan fingerprint density at radius 1 is 1.19 bits per heavy atom. The van der Waals surface area contributed by atoms with Crippen molar-refractivity contribution in [1.82, 2.24) is 0 Å². The van der Waals surface area contributed by atoms with E-state index in [1.165, 1.54) is 17.6 Å². The molecule has 0 radical (unpaired) electrons. The monoisotopic (exact) mass is 212 g/mol. The first-order valence-corrected chi connectivity index (χ1v) is 6.10. The van der Waals surface area contributed by atoms with Gasteiger partial charge in [0.1, 0.15) is 0 Å². The highest BCUT2D eigenvalue weighted by molar-refractivity contribution is 5.41. The first kappa shape index (κ1) is 11.2. The molecule has 0 nitrogen and oxygen atoms in total. The molecule has 0 heteroatoms. The summed E-state index contributed by atoms with van der Waals surface area (Å²) >= 11 is 0. The predicted molar refractivity (Wildman–Crippen MR) is 70.5 cm³/mol. The van der Waals surface area contributed by atoms with Crippen LogP contribution in [0.2, 0.25) is 0 Å². The first-order chi connectivity index (χ1) is 7.69. The highest BCUT2D eigenvalue weighted by Crippen LogP contribution is 2.43. The summed E-state index contributed by atoms with van der Waals surface area (Å²) in [5.74, 6) is 0.611. The van der Waals surface area contributed by atoms with Gasteiger partial charge in [0.2, 0.25) is 0 Å². The summed E-state index contributed by atoms with van der Waals surface area (Å²) in [6.07, 6.45) is 7.99. The van der Waals surface area contributed by atoms with E-state index in [9.17, 15) is 0 Å². The first-order valence-electron chi connectivity index (χ1n) is 6.10. The molecule has 0 spiro atoms. The van der Waals surface area contributed by atoms with Crippen molar-refractivity contribution in [3.8, 4) is 0 Å². The zero-order valence-electron chi connectivity index (χ0n) is 10.4. The Labute approximate surface area is 98.7 Å². The lowest BCUT2D eigenvalue weighted by molar-refractivity contribution is 0.391. The summed E-state index contributed by atoms with van der Waals surface area (Å²) in [6.45, 7) is 6.89. The van der Waals surface area contributed by atoms with Crippen molar-refractivity contribution in [1.29, 1.82) is 0 Å². The van der Waals surface area contributed by atoms with Crippen molar-refractivity contribution in [2.75, 3.05) is 0 Å². The van der Waals surface area contributed by atoms with Gasteiger partial charge in [0, 0.05) is 5.41 Å². The van der Waals surface area contributed by atoms with Gasteiger partial charge in [0.25, 0.3) is 0 Å². The topological polar surface area (TPSA) is 0 Å². The fourth-order valence-corrected chi connectivity index (χ4v) is 2.76. The second kappa shape index (κ2) is 4.29. The summed E-state index contributed by atoms with van der Waals surface area (Å²) in [5, 5.41) is 0. The van der Waals surface area contributed by atoms with Gasteiger partial charge in [0.15, 0.2) is 0 Å². The van der Waals surface area contributed by atoms with Crippen molar-refractivity contribution in [2.45, 2.75) is 32.6 Å². The molecule has 0 aliphatic heterocycles. The molecule has 0 fully saturated rings. The Morgan fingerprint density at radius 3 is 2.50 bits per heavy atom. The maximum absolute atomic E-state index is 2.37. The second-order valence-electron chi connectivity index (χ2n) is 4.82. The van der Waals surface area contributed by atoms with Gasteiger partial charge >= 0.3 is 0 Å². The molecule has 0 saturated carbocycles. The molecular formula is C16H20. The molecule has 1 aliphatic carbocycles. The predicted octanol–water partition coefficient (Wildman–Crippen LogP) is 4.49. The summed E-state index contributed by atoms with van der Waals surface area (Å²) in [5.41, 5.74) is 3.07. The van der Waals surface area contributed by atoms with E-state index in [4.69, 9.17) is 0 Å². The Morgan fingerprint density at radius 2 is 1.88 bits per heavy atom. The molecule has 84 valence electrons. The highest BCUT2D eigenvalue weighted by atomic mass is 14.4. The number of benzene rings is 1. The molecule has 2 atom stereocenters. The lowest BCUT2D eigenvalue weighted by Gasteiger charge is -2.39. The van der Waals surface area contributed by atoms with E-state index in [1.807, 2.05) is 0 Å². The minimum absolute atomic E-state index is 0.171. The average Bonchev–Trinajstić information content (AvgIpc) is 2.34. The summed E-state index contributed by atoms with van der Waals surface area (Å²) in [7, 11) is 0. The van der Waals surface area contributed by atoms with Gasteiger partial charge < -0.3 is 0 Å². The minimum Gasteiger partial charge on any atom is -0.0802 e. The Hall–Kier alpha value is -1.30. The van der Waals surface area contributed by atoms with Gasteiger partial charge in [-0.15, -0.1) is 0 Å². The van der Waals surface area contributed by atoms with Crippen LogP contribution in [0.3, 0.4) is 0 Å². The third-order valence-corrected chi connectivity index (χ3v) is 4.06. The number of hydrogen-bond donors (Lipinski definition) is 0. The van der Waals surface area contributed by atoms with Crippen molar-refractivity contribution in [3.63, 3.8) is 0 Å². The maximum atomic E-state index is 2.37. The van der Waals surface area contributed by atoms with Crippen LogP contribution in [0.25, 0.3) is 0 Å². The molecular weight excluding hydrogens is 192 g/mol. The third-order valence-electron chi connectivity index (χ3n) is 4.06. The molecule has 0 N–H and O–H groups in total. The molecule has 0 bridgehead atoms. The smallest absolute Gasteiger partial charge is 0.0196 e. The van der Waals surface area contributed by atoms with Gasteiger partial charge in [-0.2, -0.15) is 0 Å². The molecule has 1 aromatic rings. The molecule has 16 heavy (non-hydrogen) atoms. The number of rotatable bonds is 2. The molecule has 0 heterocycles. The van der Waals surface area contributed by atoms with Gasteiger partial charge in [0.05, 0.1) is 0 Å². The van der Waals surface area contributed by atoms with Crippen LogP contribution < -0.4 is 0 Å². The zero-order valence-corrected chi connectivity index (χ0v) is 10.4. The van der Waals surface area contributed by atoms with E-state index >= 15 is 0 Å². The zero-order chi connectivity index (χ0) is 11.6. The lowest BCUT2D eigenvalue weighted by Crippen LogP contribution is -2.33. The average molecular weight is 212 g/mol. The van der Waals surface area contributed by atoms with Crippen LogP contribution in [0, 0.1) is 5.92 Å². The van der Waals surface area contributed by atoms with Crippen molar-refractivity contribution >= 4 is 0 Å². The van der Waals surface area contributed by atoms with Crippen molar-refractivity contribution in [2.24, 2.45) is 5.92 Å². The Kier molecular flexibility index (Phi) is 3.00. The Balaban J connectivity index is 2.50. The summed E-state index contributed by atoms with van der Waals surface area (Å²) in [4.78, 5) is 0. The third kappa shape index (κ3) is 1.63. The van der Waals surface area contributed by atoms with Gasteiger partial charge in [-0.05, 0) is 24.8 Å². The van der Waals surface area contributed by atoms with Gasteiger partial charge in [-0.3, -0.25) is 0 Å². The van der Waals surface area contributed by atoms with Crippen LogP contribution in [0.5, 0.6) is 0 Å². The largest absolute Gasteiger partial charge is 0.0802 e.